The number of nitrogen functional groups attached to an aromatic ring is 1. The van der Waals surface area contributed by atoms with Crippen LogP contribution < -0.4 is 10.5 Å². The van der Waals surface area contributed by atoms with E-state index >= 15 is 0 Å². The minimum Gasteiger partial charge on any atom is -0.494 e. The van der Waals surface area contributed by atoms with Crippen LogP contribution in [0.2, 0.25) is 0 Å². The van der Waals surface area contributed by atoms with Gasteiger partial charge >= 0.3 is 0 Å². The van der Waals surface area contributed by atoms with Gasteiger partial charge in [-0.3, -0.25) is 4.98 Å². The number of methoxy groups -OCH3 is 1. The maximum absolute atomic E-state index is 13.7. The first-order valence-electron chi connectivity index (χ1n) is 6.07. The predicted octanol–water partition coefficient (Wildman–Crippen LogP) is 2.21. The first-order valence-corrected chi connectivity index (χ1v) is 6.07. The Morgan fingerprint density at radius 2 is 2.25 bits per heavy atom. The van der Waals surface area contributed by atoms with E-state index in [2.05, 4.69) is 9.97 Å². The average Bonchev–Trinajstić information content (AvgIpc) is 2.74. The summed E-state index contributed by atoms with van der Waals surface area (Å²) in [6.07, 6.45) is 3.46. The van der Waals surface area contributed by atoms with Crippen LogP contribution in [-0.2, 0) is 6.54 Å². The number of aromatic nitrogens is 3. The third-order valence-corrected chi connectivity index (χ3v) is 3.11. The van der Waals surface area contributed by atoms with Crippen molar-refractivity contribution in [1.82, 2.24) is 14.5 Å². The van der Waals surface area contributed by atoms with Crippen LogP contribution in [0.3, 0.4) is 0 Å². The van der Waals surface area contributed by atoms with E-state index in [-0.39, 0.29) is 5.75 Å². The Hall–Kier alpha value is -2.63. The van der Waals surface area contributed by atoms with E-state index in [1.807, 2.05) is 12.1 Å². The monoisotopic (exact) mass is 272 g/mol. The minimum absolute atomic E-state index is 0.171. The van der Waals surface area contributed by atoms with Crippen LogP contribution in [0.1, 0.15) is 5.56 Å². The molecule has 0 atom stereocenters. The maximum atomic E-state index is 13.7. The second-order valence-electron chi connectivity index (χ2n) is 4.39. The number of nitrogens with two attached hydrogens (primary N) is 1. The molecule has 3 aromatic rings. The Morgan fingerprint density at radius 1 is 1.40 bits per heavy atom. The molecule has 5 nitrogen and oxygen atoms in total. The minimum atomic E-state index is -0.453. The zero-order valence-electron chi connectivity index (χ0n) is 10.9. The van der Waals surface area contributed by atoms with Crippen molar-refractivity contribution >= 4 is 17.0 Å². The van der Waals surface area contributed by atoms with Gasteiger partial charge in [-0.15, -0.1) is 0 Å². The van der Waals surface area contributed by atoms with Crippen LogP contribution in [0.25, 0.3) is 11.0 Å². The third kappa shape index (κ3) is 2.05. The summed E-state index contributed by atoms with van der Waals surface area (Å²) in [4.78, 5) is 8.23. The van der Waals surface area contributed by atoms with Crippen molar-refractivity contribution in [1.29, 1.82) is 0 Å². The van der Waals surface area contributed by atoms with Crippen LogP contribution in [-0.4, -0.2) is 21.6 Å². The highest BCUT2D eigenvalue weighted by Crippen LogP contribution is 2.26. The Balaban J connectivity index is 2.12. The summed E-state index contributed by atoms with van der Waals surface area (Å²) in [5.74, 6) is 0.0485. The van der Waals surface area contributed by atoms with Crippen molar-refractivity contribution in [3.63, 3.8) is 0 Å². The van der Waals surface area contributed by atoms with Crippen LogP contribution >= 0.6 is 0 Å². The molecule has 0 aliphatic heterocycles. The molecule has 0 bridgehead atoms. The molecule has 0 aliphatic rings. The molecule has 0 fully saturated rings. The topological polar surface area (TPSA) is 66.0 Å². The number of pyridine rings is 1. The summed E-state index contributed by atoms with van der Waals surface area (Å²) < 4.78 is 20.5. The van der Waals surface area contributed by atoms with Crippen molar-refractivity contribution in [3.05, 3.63) is 48.0 Å². The van der Waals surface area contributed by atoms with Gasteiger partial charge in [0.1, 0.15) is 0 Å². The molecule has 0 aliphatic carbocycles. The number of anilines is 1. The molecule has 6 heteroatoms. The number of hydrogen-bond acceptors (Lipinski definition) is 4. The van der Waals surface area contributed by atoms with Crippen LogP contribution in [0, 0.1) is 5.82 Å². The summed E-state index contributed by atoms with van der Waals surface area (Å²) >= 11 is 0. The van der Waals surface area contributed by atoms with Gasteiger partial charge in [-0.25, -0.2) is 9.37 Å². The van der Waals surface area contributed by atoms with Crippen LogP contribution in [0.15, 0.2) is 36.7 Å². The molecular weight excluding hydrogens is 259 g/mol. The van der Waals surface area contributed by atoms with Crippen molar-refractivity contribution < 1.29 is 9.13 Å². The average molecular weight is 272 g/mol. The molecule has 102 valence electrons. The van der Waals surface area contributed by atoms with E-state index in [0.717, 1.165) is 11.1 Å². The van der Waals surface area contributed by atoms with Crippen molar-refractivity contribution in [2.75, 3.05) is 12.8 Å². The van der Waals surface area contributed by atoms with Crippen LogP contribution in [0.4, 0.5) is 10.3 Å². The van der Waals surface area contributed by atoms with E-state index in [9.17, 15) is 4.39 Å². The molecule has 0 amide bonds. The van der Waals surface area contributed by atoms with Gasteiger partial charge in [0, 0.05) is 24.5 Å². The fourth-order valence-electron chi connectivity index (χ4n) is 2.14. The molecule has 2 heterocycles. The lowest BCUT2D eigenvalue weighted by Crippen LogP contribution is -2.04. The Kier molecular flexibility index (Phi) is 2.98. The lowest BCUT2D eigenvalue weighted by atomic mass is 10.2. The second-order valence-corrected chi connectivity index (χ2v) is 4.39. The lowest BCUT2D eigenvalue weighted by molar-refractivity contribution is 0.387. The summed E-state index contributed by atoms with van der Waals surface area (Å²) in [7, 11) is 1.43. The summed E-state index contributed by atoms with van der Waals surface area (Å²) in [5.41, 5.74) is 8.13. The Morgan fingerprint density at radius 3 is 2.95 bits per heavy atom. The summed E-state index contributed by atoms with van der Waals surface area (Å²) in [6, 6.07) is 6.72. The molecule has 0 unspecified atom stereocenters. The number of halogens is 1. The molecule has 2 N–H and O–H groups in total. The lowest BCUT2D eigenvalue weighted by Gasteiger charge is -2.07. The maximum Gasteiger partial charge on any atom is 0.201 e. The number of ether oxygens (including phenoxy) is 1. The zero-order chi connectivity index (χ0) is 14.1. The number of imidazole rings is 1. The first-order chi connectivity index (χ1) is 9.69. The third-order valence-electron chi connectivity index (χ3n) is 3.11. The molecule has 0 saturated heterocycles. The summed E-state index contributed by atoms with van der Waals surface area (Å²) in [5, 5.41) is 0. The van der Waals surface area contributed by atoms with Gasteiger partial charge in [0.05, 0.1) is 24.7 Å². The van der Waals surface area contributed by atoms with Gasteiger partial charge in [-0.2, -0.15) is 0 Å². The number of benzene rings is 1. The number of fused-ring (bicyclic) bond motifs is 1. The standard InChI is InChI=1S/C14H13FN4O/c1-20-13-6-12-11(5-10(13)15)18-14(16)19(12)8-9-3-2-4-17-7-9/h2-7H,8H2,1H3,(H2,16,18). The highest BCUT2D eigenvalue weighted by molar-refractivity contribution is 5.80. The predicted molar refractivity (Wildman–Crippen MR) is 74.0 cm³/mol. The van der Waals surface area contributed by atoms with Gasteiger partial charge < -0.3 is 15.0 Å². The summed E-state index contributed by atoms with van der Waals surface area (Å²) in [6.45, 7) is 0.519. The SMILES string of the molecule is COc1cc2c(cc1F)nc(N)n2Cc1cccnc1. The van der Waals surface area contributed by atoms with Gasteiger partial charge in [-0.1, -0.05) is 6.07 Å². The number of rotatable bonds is 3. The smallest absolute Gasteiger partial charge is 0.201 e. The molecule has 0 spiro atoms. The van der Waals surface area contributed by atoms with E-state index in [1.54, 1.807) is 23.0 Å². The molecule has 0 radical (unpaired) electrons. The number of nitrogens with zero attached hydrogens (tertiary/aromatic N) is 3. The molecule has 1 aromatic carbocycles. The highest BCUT2D eigenvalue weighted by atomic mass is 19.1. The fourth-order valence-corrected chi connectivity index (χ4v) is 2.14. The first kappa shape index (κ1) is 12.4. The Bertz CT molecular complexity index is 755. The van der Waals surface area contributed by atoms with Crippen LogP contribution in [0.5, 0.6) is 5.75 Å². The normalized spacial score (nSPS) is 10.9. The quantitative estimate of drug-likeness (QED) is 0.794. The molecule has 0 saturated carbocycles. The van der Waals surface area contributed by atoms with Gasteiger partial charge in [0.2, 0.25) is 5.95 Å². The molecule has 3 rings (SSSR count). The van der Waals surface area contributed by atoms with E-state index < -0.39 is 5.82 Å². The zero-order valence-corrected chi connectivity index (χ0v) is 10.9. The van der Waals surface area contributed by atoms with E-state index in [1.165, 1.54) is 13.2 Å². The Labute approximate surface area is 114 Å². The van der Waals surface area contributed by atoms with Crippen molar-refractivity contribution in [2.45, 2.75) is 6.54 Å². The molecule has 20 heavy (non-hydrogen) atoms. The van der Waals surface area contributed by atoms with E-state index in [0.29, 0.717) is 18.0 Å². The molecular formula is C14H13FN4O. The molecule has 2 aromatic heterocycles. The van der Waals surface area contributed by atoms with Gasteiger partial charge in [-0.05, 0) is 11.6 Å². The van der Waals surface area contributed by atoms with Gasteiger partial charge in [0.25, 0.3) is 0 Å². The fraction of sp³-hybridized carbons (Fsp3) is 0.143. The van der Waals surface area contributed by atoms with Crippen molar-refractivity contribution in [2.24, 2.45) is 0 Å². The van der Waals surface area contributed by atoms with Gasteiger partial charge in [0.15, 0.2) is 11.6 Å². The van der Waals surface area contributed by atoms with Crippen molar-refractivity contribution in [3.8, 4) is 5.75 Å². The number of hydrogen-bond donors (Lipinski definition) is 1. The second kappa shape index (κ2) is 4.80. The van der Waals surface area contributed by atoms with E-state index in [4.69, 9.17) is 10.5 Å². The highest BCUT2D eigenvalue weighted by Gasteiger charge is 2.13. The largest absolute Gasteiger partial charge is 0.494 e.